The van der Waals surface area contributed by atoms with Crippen molar-refractivity contribution >= 4 is 37.5 Å². The van der Waals surface area contributed by atoms with Gasteiger partial charge in [0.2, 0.25) is 10.0 Å². The summed E-state index contributed by atoms with van der Waals surface area (Å²) >= 11 is 1.24. The molecule has 0 radical (unpaired) electrons. The Kier molecular flexibility index (Phi) is 5.17. The maximum Gasteiger partial charge on any atom is 0.252 e. The molecule has 3 aromatic rings. The molecule has 0 aliphatic carbocycles. The highest BCUT2D eigenvalue weighted by Crippen LogP contribution is 2.21. The lowest BCUT2D eigenvalue weighted by molar-refractivity contribution is -0.117. The molecule has 134 valence electrons. The van der Waals surface area contributed by atoms with Crippen LogP contribution >= 0.6 is 11.3 Å². The second-order valence-electron chi connectivity index (χ2n) is 5.63. The van der Waals surface area contributed by atoms with Crippen LogP contribution in [0.2, 0.25) is 0 Å². The number of nitrogens with zero attached hydrogens (tertiary/aromatic N) is 2. The number of sulfonamides is 1. The summed E-state index contributed by atoms with van der Waals surface area (Å²) in [6.07, 6.45) is 1.89. The third-order valence-electron chi connectivity index (χ3n) is 3.71. The molecule has 26 heavy (non-hydrogen) atoms. The highest BCUT2D eigenvalue weighted by Gasteiger charge is 2.13. The van der Waals surface area contributed by atoms with E-state index in [1.807, 2.05) is 34.9 Å². The summed E-state index contributed by atoms with van der Waals surface area (Å²) in [5.74, 6) is -0.271. The SMILES string of the molecule is C=CCn1c(=NC(=O)Cc2ccccc2)sc2cc(S(N)(=O)=O)ccc21. The van der Waals surface area contributed by atoms with Crippen molar-refractivity contribution in [2.45, 2.75) is 17.9 Å². The van der Waals surface area contributed by atoms with Gasteiger partial charge in [0.15, 0.2) is 4.80 Å². The molecule has 0 spiro atoms. The fraction of sp³-hybridized carbons (Fsp3) is 0.111. The number of primary sulfonamides is 1. The number of rotatable bonds is 5. The van der Waals surface area contributed by atoms with Crippen LogP contribution in [0, 0.1) is 0 Å². The van der Waals surface area contributed by atoms with Crippen LogP contribution in [-0.2, 0) is 27.8 Å². The Morgan fingerprint density at radius 1 is 1.23 bits per heavy atom. The predicted molar refractivity (Wildman–Crippen MR) is 102 cm³/mol. The molecule has 1 aromatic heterocycles. The number of hydrogen-bond donors (Lipinski definition) is 1. The van der Waals surface area contributed by atoms with Crippen molar-refractivity contribution in [3.8, 4) is 0 Å². The van der Waals surface area contributed by atoms with Crippen LogP contribution < -0.4 is 9.94 Å². The molecule has 8 heteroatoms. The van der Waals surface area contributed by atoms with Crippen molar-refractivity contribution in [1.82, 2.24) is 4.57 Å². The van der Waals surface area contributed by atoms with E-state index in [0.29, 0.717) is 16.0 Å². The number of hydrogen-bond acceptors (Lipinski definition) is 4. The molecule has 0 unspecified atom stereocenters. The van der Waals surface area contributed by atoms with E-state index < -0.39 is 10.0 Å². The van der Waals surface area contributed by atoms with Crippen LogP contribution in [-0.4, -0.2) is 18.9 Å². The minimum absolute atomic E-state index is 0.0270. The predicted octanol–water partition coefficient (Wildman–Crippen LogP) is 2.21. The summed E-state index contributed by atoms with van der Waals surface area (Å²) in [5.41, 5.74) is 1.66. The van der Waals surface area contributed by atoms with E-state index in [0.717, 1.165) is 11.1 Å². The average molecular weight is 387 g/mol. The standard InChI is InChI=1S/C18H17N3O3S2/c1-2-10-21-15-9-8-14(26(19,23)24)12-16(15)25-18(21)20-17(22)11-13-6-4-3-5-7-13/h2-9,12H,1,10-11H2,(H2,19,23,24). The molecule has 6 nitrogen and oxygen atoms in total. The Labute approximate surface area is 155 Å². The zero-order valence-corrected chi connectivity index (χ0v) is 15.5. The van der Waals surface area contributed by atoms with Crippen LogP contribution in [0.15, 0.2) is 71.1 Å². The van der Waals surface area contributed by atoms with Gasteiger partial charge in [-0.1, -0.05) is 47.7 Å². The maximum atomic E-state index is 12.3. The van der Waals surface area contributed by atoms with Crippen molar-refractivity contribution in [1.29, 1.82) is 0 Å². The largest absolute Gasteiger partial charge is 0.313 e. The summed E-state index contributed by atoms with van der Waals surface area (Å²) < 4.78 is 25.6. The third-order valence-corrected chi connectivity index (χ3v) is 5.67. The molecule has 2 N–H and O–H groups in total. The van der Waals surface area contributed by atoms with Gasteiger partial charge >= 0.3 is 0 Å². The molecular weight excluding hydrogens is 370 g/mol. The van der Waals surface area contributed by atoms with Crippen LogP contribution in [0.4, 0.5) is 0 Å². The highest BCUT2D eigenvalue weighted by atomic mass is 32.2. The molecule has 0 fully saturated rings. The van der Waals surface area contributed by atoms with Gasteiger partial charge in [-0.25, -0.2) is 13.6 Å². The minimum Gasteiger partial charge on any atom is -0.313 e. The molecule has 0 aliphatic rings. The first-order chi connectivity index (χ1) is 12.4. The number of aromatic nitrogens is 1. The Morgan fingerprint density at radius 3 is 2.62 bits per heavy atom. The zero-order chi connectivity index (χ0) is 18.7. The van der Waals surface area contributed by atoms with Gasteiger partial charge in [-0.05, 0) is 23.8 Å². The Hall–Kier alpha value is -2.55. The number of carbonyl (C=O) groups excluding carboxylic acids is 1. The molecule has 3 rings (SSSR count). The van der Waals surface area contributed by atoms with Gasteiger partial charge in [-0.3, -0.25) is 4.79 Å². The topological polar surface area (TPSA) is 94.5 Å². The Balaban J connectivity index is 2.07. The van der Waals surface area contributed by atoms with Gasteiger partial charge in [0.1, 0.15) is 0 Å². The van der Waals surface area contributed by atoms with E-state index in [2.05, 4.69) is 11.6 Å². The first-order valence-electron chi connectivity index (χ1n) is 7.77. The van der Waals surface area contributed by atoms with E-state index >= 15 is 0 Å². The highest BCUT2D eigenvalue weighted by molar-refractivity contribution is 7.89. The lowest BCUT2D eigenvalue weighted by Crippen LogP contribution is -2.17. The van der Waals surface area contributed by atoms with Gasteiger partial charge in [0.25, 0.3) is 5.91 Å². The van der Waals surface area contributed by atoms with Crippen LogP contribution in [0.3, 0.4) is 0 Å². The molecule has 0 aliphatic heterocycles. The zero-order valence-electron chi connectivity index (χ0n) is 13.8. The fourth-order valence-electron chi connectivity index (χ4n) is 2.54. The molecule has 0 bridgehead atoms. The Bertz CT molecular complexity index is 1140. The van der Waals surface area contributed by atoms with Crippen LogP contribution in [0.1, 0.15) is 5.56 Å². The lowest BCUT2D eigenvalue weighted by Gasteiger charge is -2.02. The number of nitrogens with two attached hydrogens (primary N) is 1. The van der Waals surface area contributed by atoms with Crippen LogP contribution in [0.25, 0.3) is 10.2 Å². The quantitative estimate of drug-likeness (QED) is 0.680. The normalized spacial score (nSPS) is 12.4. The summed E-state index contributed by atoms with van der Waals surface area (Å²) in [5, 5.41) is 5.19. The van der Waals surface area contributed by atoms with Gasteiger partial charge in [0.05, 0.1) is 21.5 Å². The van der Waals surface area contributed by atoms with Crippen molar-refractivity contribution < 1.29 is 13.2 Å². The van der Waals surface area contributed by atoms with Crippen molar-refractivity contribution in [2.75, 3.05) is 0 Å². The molecule has 2 aromatic carbocycles. The molecular formula is C18H17N3O3S2. The monoisotopic (exact) mass is 387 g/mol. The number of carbonyl (C=O) groups is 1. The van der Waals surface area contributed by atoms with Gasteiger partial charge < -0.3 is 4.57 Å². The van der Waals surface area contributed by atoms with Crippen LogP contribution in [0.5, 0.6) is 0 Å². The molecule has 0 saturated carbocycles. The van der Waals surface area contributed by atoms with E-state index in [-0.39, 0.29) is 17.2 Å². The second kappa shape index (κ2) is 7.36. The van der Waals surface area contributed by atoms with E-state index in [1.165, 1.54) is 23.5 Å². The first kappa shape index (κ1) is 18.2. The summed E-state index contributed by atoms with van der Waals surface area (Å²) in [6, 6.07) is 14.0. The summed E-state index contributed by atoms with van der Waals surface area (Å²) in [7, 11) is -3.79. The van der Waals surface area contributed by atoms with Crippen molar-refractivity contribution in [2.24, 2.45) is 10.1 Å². The molecule has 1 amide bonds. The third kappa shape index (κ3) is 3.98. The lowest BCUT2D eigenvalue weighted by atomic mass is 10.1. The Morgan fingerprint density at radius 2 is 1.96 bits per heavy atom. The van der Waals surface area contributed by atoms with Gasteiger partial charge in [0, 0.05) is 6.54 Å². The molecule has 0 atom stereocenters. The van der Waals surface area contributed by atoms with E-state index in [1.54, 1.807) is 12.1 Å². The minimum atomic E-state index is -3.79. The van der Waals surface area contributed by atoms with E-state index in [9.17, 15) is 13.2 Å². The number of amides is 1. The maximum absolute atomic E-state index is 12.3. The number of allylic oxidation sites excluding steroid dienone is 1. The van der Waals surface area contributed by atoms with E-state index in [4.69, 9.17) is 5.14 Å². The number of fused-ring (bicyclic) bond motifs is 1. The van der Waals surface area contributed by atoms with Gasteiger partial charge in [-0.15, -0.1) is 6.58 Å². The molecule has 0 saturated heterocycles. The summed E-state index contributed by atoms with van der Waals surface area (Å²) in [4.78, 5) is 17.1. The smallest absolute Gasteiger partial charge is 0.252 e. The first-order valence-corrected chi connectivity index (χ1v) is 10.1. The van der Waals surface area contributed by atoms with Crippen molar-refractivity contribution in [3.05, 3.63) is 71.6 Å². The number of thiazole rings is 1. The fourth-order valence-corrected chi connectivity index (χ4v) is 4.25. The number of benzene rings is 2. The summed E-state index contributed by atoms with van der Waals surface area (Å²) in [6.45, 7) is 4.18. The average Bonchev–Trinajstić information content (AvgIpc) is 2.92. The van der Waals surface area contributed by atoms with Crippen molar-refractivity contribution in [3.63, 3.8) is 0 Å². The molecule has 1 heterocycles. The van der Waals surface area contributed by atoms with Gasteiger partial charge in [-0.2, -0.15) is 4.99 Å². The second-order valence-corrected chi connectivity index (χ2v) is 8.20.